The van der Waals surface area contributed by atoms with Crippen molar-refractivity contribution in [2.45, 2.75) is 52.0 Å². The number of rotatable bonds is 9. The van der Waals surface area contributed by atoms with E-state index in [-0.39, 0.29) is 0 Å². The van der Waals surface area contributed by atoms with E-state index >= 15 is 0 Å². The molecule has 1 rings (SSSR count). The molecular weight excluding hydrogens is 232 g/mol. The van der Waals surface area contributed by atoms with Gasteiger partial charge >= 0.3 is 0 Å². The Bertz CT molecular complexity index is 339. The van der Waals surface area contributed by atoms with Crippen molar-refractivity contribution in [1.29, 1.82) is 0 Å². The van der Waals surface area contributed by atoms with Gasteiger partial charge in [-0.15, -0.1) is 0 Å². The summed E-state index contributed by atoms with van der Waals surface area (Å²) in [5.74, 6) is -0.988. The molecule has 0 amide bonds. The largest absolute Gasteiger partial charge is 0.313 e. The standard InChI is InChI=1S/C15H23F2N/c1-2-3-4-5-6-7-10-18-12-13-8-9-14(16)11-15(13)17/h8-9,11,18H,2-7,10,12H2,1H3. The molecule has 1 aromatic carbocycles. The average Bonchev–Trinajstić information content (AvgIpc) is 2.35. The Kier molecular flexibility index (Phi) is 7.58. The van der Waals surface area contributed by atoms with Crippen LogP contribution < -0.4 is 5.32 Å². The molecule has 0 unspecified atom stereocenters. The zero-order valence-electron chi connectivity index (χ0n) is 11.1. The van der Waals surface area contributed by atoms with Crippen LogP contribution in [0.15, 0.2) is 18.2 Å². The van der Waals surface area contributed by atoms with Crippen molar-refractivity contribution in [2.24, 2.45) is 0 Å². The monoisotopic (exact) mass is 255 g/mol. The van der Waals surface area contributed by atoms with Crippen molar-refractivity contribution in [3.63, 3.8) is 0 Å². The molecular formula is C15H23F2N. The molecule has 0 bridgehead atoms. The topological polar surface area (TPSA) is 12.0 Å². The molecule has 18 heavy (non-hydrogen) atoms. The van der Waals surface area contributed by atoms with E-state index in [2.05, 4.69) is 12.2 Å². The molecule has 102 valence electrons. The molecule has 0 aliphatic heterocycles. The first kappa shape index (κ1) is 15.1. The van der Waals surface area contributed by atoms with Crippen LogP contribution in [0.2, 0.25) is 0 Å². The van der Waals surface area contributed by atoms with E-state index in [0.717, 1.165) is 19.0 Å². The number of hydrogen-bond donors (Lipinski definition) is 1. The molecule has 0 atom stereocenters. The molecule has 0 aliphatic rings. The van der Waals surface area contributed by atoms with Gasteiger partial charge in [-0.2, -0.15) is 0 Å². The normalized spacial score (nSPS) is 10.8. The third-order valence-corrected chi connectivity index (χ3v) is 3.04. The highest BCUT2D eigenvalue weighted by atomic mass is 19.1. The van der Waals surface area contributed by atoms with Gasteiger partial charge in [0, 0.05) is 18.2 Å². The van der Waals surface area contributed by atoms with Crippen molar-refractivity contribution >= 4 is 0 Å². The molecule has 1 aromatic rings. The van der Waals surface area contributed by atoms with Crippen LogP contribution in [-0.2, 0) is 6.54 Å². The highest BCUT2D eigenvalue weighted by molar-refractivity contribution is 5.18. The Labute approximate surface area is 109 Å². The smallest absolute Gasteiger partial charge is 0.130 e. The summed E-state index contributed by atoms with van der Waals surface area (Å²) in [5, 5.41) is 3.19. The van der Waals surface area contributed by atoms with Crippen LogP contribution in [0.3, 0.4) is 0 Å². The van der Waals surface area contributed by atoms with E-state index < -0.39 is 11.6 Å². The molecule has 0 radical (unpaired) electrons. The van der Waals surface area contributed by atoms with Crippen molar-refractivity contribution < 1.29 is 8.78 Å². The third kappa shape index (κ3) is 6.10. The Hall–Kier alpha value is -0.960. The molecule has 0 aromatic heterocycles. The van der Waals surface area contributed by atoms with Crippen molar-refractivity contribution in [3.8, 4) is 0 Å². The highest BCUT2D eigenvalue weighted by Crippen LogP contribution is 2.09. The summed E-state index contributed by atoms with van der Waals surface area (Å²) in [6.07, 6.45) is 7.51. The number of benzene rings is 1. The van der Waals surface area contributed by atoms with Gasteiger partial charge in [0.05, 0.1) is 0 Å². The second kappa shape index (κ2) is 9.03. The minimum Gasteiger partial charge on any atom is -0.313 e. The van der Waals surface area contributed by atoms with Crippen LogP contribution in [-0.4, -0.2) is 6.54 Å². The lowest BCUT2D eigenvalue weighted by molar-refractivity contribution is 0.545. The van der Waals surface area contributed by atoms with Crippen LogP contribution in [0, 0.1) is 11.6 Å². The maximum absolute atomic E-state index is 13.3. The first-order valence-electron chi connectivity index (χ1n) is 6.88. The minimum absolute atomic E-state index is 0.467. The SMILES string of the molecule is CCCCCCCCNCc1ccc(F)cc1F. The predicted molar refractivity (Wildman–Crippen MR) is 71.4 cm³/mol. The van der Waals surface area contributed by atoms with Gasteiger partial charge in [-0.3, -0.25) is 0 Å². The second-order valence-electron chi connectivity index (χ2n) is 4.68. The maximum Gasteiger partial charge on any atom is 0.130 e. The van der Waals surface area contributed by atoms with E-state index in [1.54, 1.807) is 0 Å². The Morgan fingerprint density at radius 1 is 1.00 bits per heavy atom. The van der Waals surface area contributed by atoms with Crippen molar-refractivity contribution in [2.75, 3.05) is 6.54 Å². The van der Waals surface area contributed by atoms with Crippen LogP contribution in [0.25, 0.3) is 0 Å². The van der Waals surface area contributed by atoms with E-state index in [9.17, 15) is 8.78 Å². The Balaban J connectivity index is 2.07. The van der Waals surface area contributed by atoms with E-state index in [1.807, 2.05) is 0 Å². The first-order chi connectivity index (χ1) is 8.74. The molecule has 0 spiro atoms. The van der Waals surface area contributed by atoms with Crippen LogP contribution >= 0.6 is 0 Å². The summed E-state index contributed by atoms with van der Waals surface area (Å²) < 4.78 is 26.0. The van der Waals surface area contributed by atoms with Gasteiger partial charge in [-0.1, -0.05) is 45.1 Å². The van der Waals surface area contributed by atoms with Gasteiger partial charge in [0.25, 0.3) is 0 Å². The minimum atomic E-state index is -0.521. The summed E-state index contributed by atoms with van der Waals surface area (Å²) in [7, 11) is 0. The number of halogens is 2. The van der Waals surface area contributed by atoms with Gasteiger partial charge in [0.2, 0.25) is 0 Å². The molecule has 3 heteroatoms. The van der Waals surface area contributed by atoms with Gasteiger partial charge in [-0.05, 0) is 19.0 Å². The number of nitrogens with one attached hydrogen (secondary N) is 1. The molecule has 0 saturated heterocycles. The van der Waals surface area contributed by atoms with E-state index in [0.29, 0.717) is 12.1 Å². The number of unbranched alkanes of at least 4 members (excludes halogenated alkanes) is 5. The summed E-state index contributed by atoms with van der Waals surface area (Å²) >= 11 is 0. The lowest BCUT2D eigenvalue weighted by Gasteiger charge is -2.06. The highest BCUT2D eigenvalue weighted by Gasteiger charge is 2.02. The molecule has 1 N–H and O–H groups in total. The zero-order valence-corrected chi connectivity index (χ0v) is 11.1. The maximum atomic E-state index is 13.3. The fraction of sp³-hybridized carbons (Fsp3) is 0.600. The molecule has 1 nitrogen and oxygen atoms in total. The fourth-order valence-electron chi connectivity index (χ4n) is 1.92. The Morgan fingerprint density at radius 2 is 1.72 bits per heavy atom. The molecule has 0 fully saturated rings. The summed E-state index contributed by atoms with van der Waals surface area (Å²) in [6.45, 7) is 3.57. The summed E-state index contributed by atoms with van der Waals surface area (Å²) in [5.41, 5.74) is 0.530. The predicted octanol–water partition coefficient (Wildman–Crippen LogP) is 4.41. The average molecular weight is 255 g/mol. The van der Waals surface area contributed by atoms with Crippen molar-refractivity contribution in [3.05, 3.63) is 35.4 Å². The second-order valence-corrected chi connectivity index (χ2v) is 4.68. The van der Waals surface area contributed by atoms with Gasteiger partial charge in [0.15, 0.2) is 0 Å². The first-order valence-corrected chi connectivity index (χ1v) is 6.88. The zero-order chi connectivity index (χ0) is 13.2. The van der Waals surface area contributed by atoms with Crippen molar-refractivity contribution in [1.82, 2.24) is 5.32 Å². The fourth-order valence-corrected chi connectivity index (χ4v) is 1.92. The lowest BCUT2D eigenvalue weighted by Crippen LogP contribution is -2.15. The summed E-state index contributed by atoms with van der Waals surface area (Å²) in [4.78, 5) is 0. The van der Waals surface area contributed by atoms with E-state index in [1.165, 1.54) is 44.2 Å². The van der Waals surface area contributed by atoms with Gasteiger partial charge < -0.3 is 5.32 Å². The van der Waals surface area contributed by atoms with Crippen LogP contribution in [0.1, 0.15) is 51.0 Å². The van der Waals surface area contributed by atoms with Crippen LogP contribution in [0.5, 0.6) is 0 Å². The summed E-state index contributed by atoms with van der Waals surface area (Å²) in [6, 6.07) is 3.73. The van der Waals surface area contributed by atoms with Gasteiger partial charge in [0.1, 0.15) is 11.6 Å². The molecule has 0 aliphatic carbocycles. The van der Waals surface area contributed by atoms with E-state index in [4.69, 9.17) is 0 Å². The quantitative estimate of drug-likeness (QED) is 0.644. The molecule has 0 heterocycles. The number of hydrogen-bond acceptors (Lipinski definition) is 1. The van der Waals surface area contributed by atoms with Crippen LogP contribution in [0.4, 0.5) is 8.78 Å². The van der Waals surface area contributed by atoms with Gasteiger partial charge in [-0.25, -0.2) is 8.78 Å². The lowest BCUT2D eigenvalue weighted by atomic mass is 10.1. The Morgan fingerprint density at radius 3 is 2.44 bits per heavy atom. The molecule has 0 saturated carbocycles. The third-order valence-electron chi connectivity index (χ3n) is 3.04.